The zero-order chi connectivity index (χ0) is 29.1. The van der Waals surface area contributed by atoms with Crippen LogP contribution in [0.2, 0.25) is 0 Å². The van der Waals surface area contributed by atoms with E-state index in [2.05, 4.69) is 14.8 Å². The van der Waals surface area contributed by atoms with Crippen LogP contribution in [-0.4, -0.2) is 29.9 Å². The van der Waals surface area contributed by atoms with Crippen molar-refractivity contribution in [3.8, 4) is 5.75 Å². The van der Waals surface area contributed by atoms with Crippen LogP contribution in [0.5, 0.6) is 5.75 Å². The molecule has 0 atom stereocenters. The summed E-state index contributed by atoms with van der Waals surface area (Å²) < 4.78 is 62.3. The highest BCUT2D eigenvalue weighted by Gasteiger charge is 2.20. The number of anilines is 3. The zero-order valence-corrected chi connectivity index (χ0v) is 24.0. The summed E-state index contributed by atoms with van der Waals surface area (Å²) in [7, 11) is -6.43. The minimum absolute atomic E-state index is 0.0139. The number of hydrogen-bond donors (Lipinski definition) is 3. The van der Waals surface area contributed by atoms with Gasteiger partial charge in [-0.2, -0.15) is 0 Å². The van der Waals surface area contributed by atoms with Gasteiger partial charge in [-0.3, -0.25) is 14.2 Å². The van der Waals surface area contributed by atoms with E-state index in [4.69, 9.17) is 4.74 Å². The minimum atomic E-state index is -3.95. The molecule has 0 aromatic heterocycles. The molecule has 4 rings (SSSR count). The second-order valence-corrected chi connectivity index (χ2v) is 12.6. The number of carbonyl (C=O) groups excluding carboxylic acids is 1. The molecule has 0 fully saturated rings. The van der Waals surface area contributed by atoms with Gasteiger partial charge >= 0.3 is 0 Å². The van der Waals surface area contributed by atoms with Crippen molar-refractivity contribution in [1.29, 1.82) is 0 Å². The molecule has 208 valence electrons. The molecule has 3 N–H and O–H groups in total. The van der Waals surface area contributed by atoms with Crippen LogP contribution < -0.4 is 19.5 Å². The first-order valence-corrected chi connectivity index (χ1v) is 15.1. The highest BCUT2D eigenvalue weighted by molar-refractivity contribution is 7.93. The van der Waals surface area contributed by atoms with Gasteiger partial charge in [-0.25, -0.2) is 16.8 Å². The number of carbonyl (C=O) groups is 1. The molecule has 0 unspecified atom stereocenters. The van der Waals surface area contributed by atoms with Crippen LogP contribution in [0.3, 0.4) is 0 Å². The van der Waals surface area contributed by atoms with Crippen LogP contribution in [0.1, 0.15) is 27.0 Å². The fourth-order valence-electron chi connectivity index (χ4n) is 3.89. The third-order valence-corrected chi connectivity index (χ3v) is 8.97. The summed E-state index contributed by atoms with van der Waals surface area (Å²) in [6, 6.07) is 22.0. The van der Waals surface area contributed by atoms with Crippen LogP contribution in [0.15, 0.2) is 94.7 Å². The van der Waals surface area contributed by atoms with Crippen molar-refractivity contribution in [2.45, 2.75) is 30.6 Å². The first-order chi connectivity index (χ1) is 18.9. The normalized spacial score (nSPS) is 11.5. The molecule has 4 aromatic rings. The largest absolute Gasteiger partial charge is 0.495 e. The number of aryl methyl sites for hydroxylation is 3. The molecular weight excluding hydrogens is 550 g/mol. The number of ether oxygens (including phenoxy) is 1. The lowest BCUT2D eigenvalue weighted by Crippen LogP contribution is -2.17. The molecule has 40 heavy (non-hydrogen) atoms. The number of nitrogens with one attached hydrogen (secondary N) is 3. The fourth-order valence-corrected chi connectivity index (χ4v) is 6.28. The number of amides is 1. The maximum Gasteiger partial charge on any atom is 0.262 e. The molecule has 0 aliphatic carbocycles. The summed E-state index contributed by atoms with van der Waals surface area (Å²) >= 11 is 0. The maximum absolute atomic E-state index is 13.0. The second-order valence-electron chi connectivity index (χ2n) is 9.24. The van der Waals surface area contributed by atoms with Crippen molar-refractivity contribution in [3.05, 3.63) is 107 Å². The third-order valence-electron chi connectivity index (χ3n) is 6.07. The lowest BCUT2D eigenvalue weighted by atomic mass is 10.1. The monoisotopic (exact) mass is 579 g/mol. The predicted octanol–water partition coefficient (Wildman–Crippen LogP) is 5.47. The van der Waals surface area contributed by atoms with E-state index in [9.17, 15) is 21.6 Å². The highest BCUT2D eigenvalue weighted by atomic mass is 32.2. The first kappa shape index (κ1) is 28.7. The van der Waals surface area contributed by atoms with Gasteiger partial charge in [0.25, 0.3) is 26.0 Å². The summed E-state index contributed by atoms with van der Waals surface area (Å²) in [6.45, 7) is 5.38. The van der Waals surface area contributed by atoms with Crippen LogP contribution in [0, 0.1) is 20.8 Å². The van der Waals surface area contributed by atoms with Gasteiger partial charge in [-0.1, -0.05) is 29.8 Å². The second kappa shape index (κ2) is 11.4. The van der Waals surface area contributed by atoms with Gasteiger partial charge in [-0.15, -0.1) is 0 Å². The summed E-state index contributed by atoms with van der Waals surface area (Å²) in [5.74, 6) is -0.170. The van der Waals surface area contributed by atoms with Gasteiger partial charge in [0, 0.05) is 16.9 Å². The molecular formula is C29H29N3O6S2. The standard InChI is InChI=1S/C29H29N3O6S2/c1-19-5-10-24(11-6-19)31-40(36,37)28-18-22(9-8-21(28)3)29(33)30-23-12-14-25(15-13-23)39(34,35)32-26-17-20(2)7-16-27(26)38-4/h5-18,31-32H,1-4H3,(H,30,33). The van der Waals surface area contributed by atoms with Crippen molar-refractivity contribution >= 4 is 43.0 Å². The molecule has 1 amide bonds. The van der Waals surface area contributed by atoms with Crippen LogP contribution in [0.4, 0.5) is 17.1 Å². The Labute approximate surface area is 234 Å². The Bertz CT molecular complexity index is 1770. The van der Waals surface area contributed by atoms with E-state index in [1.807, 2.05) is 13.8 Å². The van der Waals surface area contributed by atoms with Crippen molar-refractivity contribution in [3.63, 3.8) is 0 Å². The van der Waals surface area contributed by atoms with E-state index < -0.39 is 26.0 Å². The molecule has 11 heteroatoms. The molecule has 0 aliphatic heterocycles. The maximum atomic E-state index is 13.0. The van der Waals surface area contributed by atoms with E-state index in [-0.39, 0.29) is 15.4 Å². The van der Waals surface area contributed by atoms with Gasteiger partial charge in [0.15, 0.2) is 0 Å². The van der Waals surface area contributed by atoms with Gasteiger partial charge in [0.05, 0.1) is 22.6 Å². The summed E-state index contributed by atoms with van der Waals surface area (Å²) in [5.41, 5.74) is 3.50. The number of benzene rings is 4. The lowest BCUT2D eigenvalue weighted by molar-refractivity contribution is 0.102. The minimum Gasteiger partial charge on any atom is -0.495 e. The average molecular weight is 580 g/mol. The Kier molecular flexibility index (Phi) is 8.17. The zero-order valence-electron chi connectivity index (χ0n) is 22.3. The van der Waals surface area contributed by atoms with E-state index in [0.29, 0.717) is 28.4 Å². The Balaban J connectivity index is 1.50. The summed E-state index contributed by atoms with van der Waals surface area (Å²) in [5, 5.41) is 2.68. The Morgan fingerprint density at radius 2 is 1.30 bits per heavy atom. The molecule has 0 bridgehead atoms. The topological polar surface area (TPSA) is 131 Å². The van der Waals surface area contributed by atoms with Gasteiger partial charge < -0.3 is 10.1 Å². The van der Waals surface area contributed by atoms with Crippen molar-refractivity contribution in [2.75, 3.05) is 21.9 Å². The molecule has 4 aromatic carbocycles. The molecule has 0 spiro atoms. The molecule has 0 aliphatic rings. The fraction of sp³-hybridized carbons (Fsp3) is 0.138. The van der Waals surface area contributed by atoms with Gasteiger partial charge in [0.2, 0.25) is 0 Å². The van der Waals surface area contributed by atoms with Crippen LogP contribution >= 0.6 is 0 Å². The van der Waals surface area contributed by atoms with Gasteiger partial charge in [-0.05, 0) is 92.6 Å². The Hall–Kier alpha value is -4.35. The van der Waals surface area contributed by atoms with Crippen LogP contribution in [0.25, 0.3) is 0 Å². The molecule has 0 saturated heterocycles. The van der Waals surface area contributed by atoms with E-state index >= 15 is 0 Å². The quantitative estimate of drug-likeness (QED) is 0.241. The van der Waals surface area contributed by atoms with E-state index in [1.54, 1.807) is 55.5 Å². The van der Waals surface area contributed by atoms with Gasteiger partial charge in [0.1, 0.15) is 5.75 Å². The Morgan fingerprint density at radius 1 is 0.675 bits per heavy atom. The smallest absolute Gasteiger partial charge is 0.262 e. The van der Waals surface area contributed by atoms with Crippen molar-refractivity contribution < 1.29 is 26.4 Å². The van der Waals surface area contributed by atoms with E-state index in [0.717, 1.165) is 11.1 Å². The molecule has 0 saturated carbocycles. The summed E-state index contributed by atoms with van der Waals surface area (Å²) in [4.78, 5) is 12.9. The number of hydrogen-bond acceptors (Lipinski definition) is 6. The number of rotatable bonds is 9. The van der Waals surface area contributed by atoms with Crippen LogP contribution in [-0.2, 0) is 20.0 Å². The average Bonchev–Trinajstić information content (AvgIpc) is 2.90. The predicted molar refractivity (Wildman–Crippen MR) is 156 cm³/mol. The highest BCUT2D eigenvalue weighted by Crippen LogP contribution is 2.28. The SMILES string of the molecule is COc1ccc(C)cc1NS(=O)(=O)c1ccc(NC(=O)c2ccc(C)c(S(=O)(=O)Nc3ccc(C)cc3)c2)cc1. The molecule has 9 nitrogen and oxygen atoms in total. The molecule has 0 radical (unpaired) electrons. The first-order valence-electron chi connectivity index (χ1n) is 12.2. The number of sulfonamides is 2. The van der Waals surface area contributed by atoms with E-state index in [1.165, 1.54) is 43.5 Å². The Morgan fingerprint density at radius 3 is 1.95 bits per heavy atom. The molecule has 0 heterocycles. The summed E-state index contributed by atoms with van der Waals surface area (Å²) in [6.07, 6.45) is 0. The number of methoxy groups -OCH3 is 1. The van der Waals surface area contributed by atoms with Crippen molar-refractivity contribution in [1.82, 2.24) is 0 Å². The third kappa shape index (κ3) is 6.61. The lowest BCUT2D eigenvalue weighted by Gasteiger charge is -2.14. The van der Waals surface area contributed by atoms with Crippen molar-refractivity contribution in [2.24, 2.45) is 0 Å².